The minimum Gasteiger partial charge on any atom is -0.380 e. The molecule has 0 aromatic rings. The van der Waals surface area contributed by atoms with Gasteiger partial charge >= 0.3 is 0 Å². The zero-order valence-electron chi connectivity index (χ0n) is 13.1. The van der Waals surface area contributed by atoms with Crippen LogP contribution in [0.5, 0.6) is 0 Å². The molecule has 0 aromatic carbocycles. The third-order valence-corrected chi connectivity index (χ3v) is 3.57. The summed E-state index contributed by atoms with van der Waals surface area (Å²) in [7, 11) is 0. The largest absolute Gasteiger partial charge is 0.380 e. The predicted molar refractivity (Wildman–Crippen MR) is 78.3 cm³/mol. The molecule has 116 valence electrons. The van der Waals surface area contributed by atoms with Crippen molar-refractivity contribution in [2.24, 2.45) is 5.92 Å². The Bertz CT molecular complexity index is 331. The van der Waals surface area contributed by atoms with Gasteiger partial charge in [-0.05, 0) is 25.7 Å². The van der Waals surface area contributed by atoms with Crippen LogP contribution in [0, 0.1) is 5.92 Å². The molecule has 1 aliphatic heterocycles. The van der Waals surface area contributed by atoms with Crippen molar-refractivity contribution in [1.82, 2.24) is 10.2 Å². The lowest BCUT2D eigenvalue weighted by molar-refractivity contribution is -0.149. The molecular weight excluding hydrogens is 256 g/mol. The van der Waals surface area contributed by atoms with Crippen LogP contribution in [0.2, 0.25) is 0 Å². The number of hydrogen-bond acceptors (Lipinski definition) is 3. The Morgan fingerprint density at radius 3 is 2.60 bits per heavy atom. The van der Waals surface area contributed by atoms with E-state index in [2.05, 4.69) is 26.1 Å². The van der Waals surface area contributed by atoms with Gasteiger partial charge in [-0.25, -0.2) is 0 Å². The number of nitrogens with one attached hydrogen (secondary N) is 1. The summed E-state index contributed by atoms with van der Waals surface area (Å²) in [5, 5.41) is 2.82. The van der Waals surface area contributed by atoms with E-state index in [4.69, 9.17) is 4.74 Å². The van der Waals surface area contributed by atoms with Crippen molar-refractivity contribution < 1.29 is 14.3 Å². The van der Waals surface area contributed by atoms with Crippen molar-refractivity contribution >= 4 is 11.8 Å². The van der Waals surface area contributed by atoms with Crippen LogP contribution in [-0.2, 0) is 14.3 Å². The molecule has 5 heteroatoms. The maximum absolute atomic E-state index is 12.4. The Kier molecular flexibility index (Phi) is 6.99. The first kappa shape index (κ1) is 17.0. The number of ether oxygens (including phenoxy) is 1. The van der Waals surface area contributed by atoms with Crippen LogP contribution in [0.25, 0.3) is 0 Å². The third-order valence-electron chi connectivity index (χ3n) is 3.57. The van der Waals surface area contributed by atoms with Crippen LogP contribution in [0.4, 0.5) is 0 Å². The number of carbonyl (C=O) groups is 2. The van der Waals surface area contributed by atoms with Crippen LogP contribution in [0.1, 0.15) is 47.0 Å². The molecule has 0 bridgehead atoms. The first-order valence-corrected chi connectivity index (χ1v) is 7.66. The van der Waals surface area contributed by atoms with Crippen molar-refractivity contribution in [3.8, 4) is 0 Å². The van der Waals surface area contributed by atoms with E-state index in [-0.39, 0.29) is 17.9 Å². The van der Waals surface area contributed by atoms with Crippen molar-refractivity contribution in [3.05, 3.63) is 0 Å². The summed E-state index contributed by atoms with van der Waals surface area (Å²) in [5.74, 6) is 0.328. The van der Waals surface area contributed by atoms with Crippen molar-refractivity contribution in [3.63, 3.8) is 0 Å². The Balaban J connectivity index is 2.52. The van der Waals surface area contributed by atoms with Gasteiger partial charge in [-0.1, -0.05) is 27.2 Å². The molecule has 1 heterocycles. The molecule has 0 radical (unpaired) electrons. The smallest absolute Gasteiger partial charge is 0.245 e. The molecule has 2 unspecified atom stereocenters. The average molecular weight is 284 g/mol. The van der Waals surface area contributed by atoms with Gasteiger partial charge in [0.1, 0.15) is 12.1 Å². The maximum atomic E-state index is 12.4. The quantitative estimate of drug-likeness (QED) is 0.688. The Morgan fingerprint density at radius 1 is 1.30 bits per heavy atom. The Hall–Kier alpha value is -1.10. The lowest BCUT2D eigenvalue weighted by Gasteiger charge is -2.37. The SMILES string of the molecule is CCCCOCCN1C(=O)C(CC(C)C)NC(=O)C1C. The molecule has 0 aliphatic carbocycles. The lowest BCUT2D eigenvalue weighted by Crippen LogP contribution is -2.63. The summed E-state index contributed by atoms with van der Waals surface area (Å²) in [6.07, 6.45) is 2.81. The highest BCUT2D eigenvalue weighted by molar-refractivity contribution is 5.96. The van der Waals surface area contributed by atoms with Crippen molar-refractivity contribution in [2.75, 3.05) is 19.8 Å². The predicted octanol–water partition coefficient (Wildman–Crippen LogP) is 1.56. The fourth-order valence-electron chi connectivity index (χ4n) is 2.33. The number of piperazine rings is 1. The molecule has 1 rings (SSSR count). The number of unbranched alkanes of at least 4 members (excludes halogenated alkanes) is 1. The highest BCUT2D eigenvalue weighted by atomic mass is 16.5. The average Bonchev–Trinajstić information content (AvgIpc) is 2.38. The second-order valence-corrected chi connectivity index (χ2v) is 5.86. The zero-order valence-corrected chi connectivity index (χ0v) is 13.1. The number of hydrogen-bond donors (Lipinski definition) is 1. The molecule has 0 aromatic heterocycles. The normalized spacial score (nSPS) is 23.4. The first-order valence-electron chi connectivity index (χ1n) is 7.66. The highest BCUT2D eigenvalue weighted by Crippen LogP contribution is 2.15. The van der Waals surface area contributed by atoms with Crippen LogP contribution in [0.15, 0.2) is 0 Å². The van der Waals surface area contributed by atoms with E-state index >= 15 is 0 Å². The minimum atomic E-state index is -0.402. The molecule has 0 spiro atoms. The third kappa shape index (κ3) is 4.78. The first-order chi connectivity index (χ1) is 9.47. The summed E-state index contributed by atoms with van der Waals surface area (Å²) >= 11 is 0. The number of nitrogens with zero attached hydrogens (tertiary/aromatic N) is 1. The van der Waals surface area contributed by atoms with Gasteiger partial charge in [0.2, 0.25) is 11.8 Å². The summed E-state index contributed by atoms with van der Waals surface area (Å²) in [4.78, 5) is 26.0. The van der Waals surface area contributed by atoms with Crippen LogP contribution in [0.3, 0.4) is 0 Å². The molecule has 2 amide bonds. The van der Waals surface area contributed by atoms with Gasteiger partial charge in [0.05, 0.1) is 6.61 Å². The standard InChI is InChI=1S/C15H28N2O3/c1-5-6-8-20-9-7-17-12(4)14(18)16-13(15(17)19)10-11(2)3/h11-13H,5-10H2,1-4H3,(H,16,18). The summed E-state index contributed by atoms with van der Waals surface area (Å²) in [6, 6.07) is -0.782. The van der Waals surface area contributed by atoms with Crippen LogP contribution in [-0.4, -0.2) is 48.6 Å². The summed E-state index contributed by atoms with van der Waals surface area (Å²) in [5.41, 5.74) is 0. The van der Waals surface area contributed by atoms with E-state index in [0.717, 1.165) is 12.8 Å². The van der Waals surface area contributed by atoms with Gasteiger partial charge in [0, 0.05) is 13.2 Å². The molecule has 0 saturated carbocycles. The summed E-state index contributed by atoms with van der Waals surface area (Å²) < 4.78 is 5.50. The number of carbonyl (C=O) groups excluding carboxylic acids is 2. The Morgan fingerprint density at radius 2 is 2.00 bits per heavy atom. The van der Waals surface area contributed by atoms with E-state index < -0.39 is 6.04 Å². The fraction of sp³-hybridized carbons (Fsp3) is 0.867. The van der Waals surface area contributed by atoms with E-state index in [1.807, 2.05) is 0 Å². The molecule has 1 aliphatic rings. The van der Waals surface area contributed by atoms with E-state index in [9.17, 15) is 9.59 Å². The molecule has 2 atom stereocenters. The van der Waals surface area contributed by atoms with Gasteiger partial charge in [-0.2, -0.15) is 0 Å². The van der Waals surface area contributed by atoms with Crippen LogP contribution < -0.4 is 5.32 Å². The van der Waals surface area contributed by atoms with Gasteiger partial charge in [0.15, 0.2) is 0 Å². The fourth-order valence-corrected chi connectivity index (χ4v) is 2.33. The molecule has 20 heavy (non-hydrogen) atoms. The number of rotatable bonds is 8. The number of amides is 2. The second kappa shape index (κ2) is 8.25. The minimum absolute atomic E-state index is 0.0184. The van der Waals surface area contributed by atoms with Gasteiger partial charge in [-0.3, -0.25) is 9.59 Å². The van der Waals surface area contributed by atoms with Crippen LogP contribution >= 0.6 is 0 Å². The molecular formula is C15H28N2O3. The molecule has 1 fully saturated rings. The molecule has 1 N–H and O–H groups in total. The van der Waals surface area contributed by atoms with Gasteiger partial charge < -0.3 is 15.0 Å². The Labute approximate surface area is 122 Å². The lowest BCUT2D eigenvalue weighted by atomic mass is 9.99. The summed E-state index contributed by atoms with van der Waals surface area (Å²) in [6.45, 7) is 9.69. The van der Waals surface area contributed by atoms with E-state index in [1.165, 1.54) is 0 Å². The van der Waals surface area contributed by atoms with Gasteiger partial charge in [-0.15, -0.1) is 0 Å². The molecule has 5 nitrogen and oxygen atoms in total. The van der Waals surface area contributed by atoms with E-state index in [1.54, 1.807) is 11.8 Å². The van der Waals surface area contributed by atoms with Crippen molar-refractivity contribution in [1.29, 1.82) is 0 Å². The van der Waals surface area contributed by atoms with E-state index in [0.29, 0.717) is 32.1 Å². The van der Waals surface area contributed by atoms with Crippen molar-refractivity contribution in [2.45, 2.75) is 59.0 Å². The monoisotopic (exact) mass is 284 g/mol. The zero-order chi connectivity index (χ0) is 15.1. The van der Waals surface area contributed by atoms with Gasteiger partial charge in [0.25, 0.3) is 0 Å². The molecule has 1 saturated heterocycles. The highest BCUT2D eigenvalue weighted by Gasteiger charge is 2.37. The second-order valence-electron chi connectivity index (χ2n) is 5.86. The maximum Gasteiger partial charge on any atom is 0.245 e. The topological polar surface area (TPSA) is 58.6 Å².